The molecule has 0 bridgehead atoms. The lowest BCUT2D eigenvalue weighted by Crippen LogP contribution is -2.00. The quantitative estimate of drug-likeness (QED) is 0.561. The van der Waals surface area contributed by atoms with Crippen molar-refractivity contribution in [1.82, 2.24) is 9.97 Å². The maximum Gasteiger partial charge on any atom is 0.144 e. The van der Waals surface area contributed by atoms with Gasteiger partial charge in [-0.2, -0.15) is 0 Å². The first kappa shape index (κ1) is 15.7. The normalized spacial score (nSPS) is 10.8. The number of thioether (sulfide) groups is 1. The van der Waals surface area contributed by atoms with E-state index in [4.69, 9.17) is 12.2 Å². The van der Waals surface area contributed by atoms with Crippen molar-refractivity contribution >= 4 is 39.9 Å². The van der Waals surface area contributed by atoms with Crippen LogP contribution in [-0.4, -0.2) is 9.97 Å². The van der Waals surface area contributed by atoms with E-state index in [0.717, 1.165) is 34.6 Å². The van der Waals surface area contributed by atoms with E-state index >= 15 is 0 Å². The van der Waals surface area contributed by atoms with Crippen LogP contribution in [0.5, 0.6) is 0 Å². The van der Waals surface area contributed by atoms with Crippen molar-refractivity contribution < 1.29 is 0 Å². The summed E-state index contributed by atoms with van der Waals surface area (Å²) in [6.45, 7) is 4.26. The third kappa shape index (κ3) is 4.17. The molecule has 0 aliphatic rings. The number of rotatable bonds is 5. The van der Waals surface area contributed by atoms with Gasteiger partial charge in [-0.3, -0.25) is 0 Å². The first-order chi connectivity index (χ1) is 9.60. The number of halogens is 1. The van der Waals surface area contributed by atoms with E-state index in [2.05, 4.69) is 64.0 Å². The Labute approximate surface area is 137 Å². The summed E-state index contributed by atoms with van der Waals surface area (Å²) in [4.78, 5) is 9.09. The fourth-order valence-electron chi connectivity index (χ4n) is 1.91. The minimum absolute atomic E-state index is 0.645. The van der Waals surface area contributed by atoms with Gasteiger partial charge in [0.1, 0.15) is 10.5 Å². The Morgan fingerprint density at radius 3 is 2.90 bits per heavy atom. The lowest BCUT2D eigenvalue weighted by atomic mass is 10.2. The Morgan fingerprint density at radius 2 is 2.20 bits per heavy atom. The van der Waals surface area contributed by atoms with E-state index in [-0.39, 0.29) is 0 Å². The summed E-state index contributed by atoms with van der Waals surface area (Å²) in [5.74, 6) is 1.74. The summed E-state index contributed by atoms with van der Waals surface area (Å²) in [6, 6.07) is 8.50. The standard InChI is InChI=1S/C15H17BrN2S2/c1-3-5-12-14(16)15(19)18-13(17-12)9-20-11-7-4-6-10(2)8-11/h4,6-8H,3,5,9H2,1-2H3,(H,17,18,19). The zero-order valence-electron chi connectivity index (χ0n) is 11.6. The molecule has 0 saturated carbocycles. The molecule has 1 aromatic carbocycles. The van der Waals surface area contributed by atoms with E-state index in [1.807, 2.05) is 0 Å². The molecule has 0 saturated heterocycles. The zero-order chi connectivity index (χ0) is 14.5. The molecule has 2 aromatic rings. The van der Waals surface area contributed by atoms with Crippen molar-refractivity contribution in [3.8, 4) is 0 Å². The molecule has 5 heteroatoms. The molecule has 106 valence electrons. The van der Waals surface area contributed by atoms with Gasteiger partial charge in [-0.25, -0.2) is 4.98 Å². The molecular formula is C15H17BrN2S2. The van der Waals surface area contributed by atoms with Crippen molar-refractivity contribution in [3.05, 3.63) is 50.5 Å². The first-order valence-corrected chi connectivity index (χ1v) is 8.76. The molecule has 1 aromatic heterocycles. The number of H-pyrrole nitrogens is 1. The van der Waals surface area contributed by atoms with Crippen LogP contribution in [0.15, 0.2) is 33.6 Å². The number of aromatic nitrogens is 2. The molecule has 0 atom stereocenters. The summed E-state index contributed by atoms with van der Waals surface area (Å²) in [5.41, 5.74) is 2.42. The smallest absolute Gasteiger partial charge is 0.144 e. The SMILES string of the molecule is CCCc1[nH]c(CSc2cccc(C)c2)nc(=S)c1Br. The highest BCUT2D eigenvalue weighted by Gasteiger charge is 2.06. The minimum atomic E-state index is 0.645. The van der Waals surface area contributed by atoms with Gasteiger partial charge in [0.25, 0.3) is 0 Å². The highest BCUT2D eigenvalue weighted by Crippen LogP contribution is 2.24. The third-order valence-corrected chi connectivity index (χ3v) is 5.27. The first-order valence-electron chi connectivity index (χ1n) is 6.57. The molecule has 0 fully saturated rings. The maximum atomic E-state index is 5.31. The van der Waals surface area contributed by atoms with Gasteiger partial charge in [-0.05, 0) is 41.4 Å². The third-order valence-electron chi connectivity index (χ3n) is 2.85. The van der Waals surface area contributed by atoms with Gasteiger partial charge in [0, 0.05) is 10.6 Å². The molecule has 0 unspecified atom stereocenters. The number of nitrogens with one attached hydrogen (secondary N) is 1. The second-order valence-electron chi connectivity index (χ2n) is 4.64. The second-order valence-corrected chi connectivity index (χ2v) is 6.86. The highest BCUT2D eigenvalue weighted by molar-refractivity contribution is 9.10. The van der Waals surface area contributed by atoms with Crippen LogP contribution in [0, 0.1) is 11.6 Å². The number of hydrogen-bond donors (Lipinski definition) is 1. The Hall–Kier alpha value is -0.650. The lowest BCUT2D eigenvalue weighted by molar-refractivity contribution is 0.842. The van der Waals surface area contributed by atoms with Crippen LogP contribution in [0.1, 0.15) is 30.4 Å². The van der Waals surface area contributed by atoms with Crippen molar-refractivity contribution in [2.75, 3.05) is 0 Å². The summed E-state index contributed by atoms with van der Waals surface area (Å²) in [7, 11) is 0. The number of aromatic amines is 1. The Morgan fingerprint density at radius 1 is 1.40 bits per heavy atom. The van der Waals surface area contributed by atoms with Gasteiger partial charge < -0.3 is 4.98 Å². The Bertz CT molecular complexity index is 653. The van der Waals surface area contributed by atoms with E-state index in [0.29, 0.717) is 4.64 Å². The predicted molar refractivity (Wildman–Crippen MR) is 91.9 cm³/mol. The molecule has 1 N–H and O–H groups in total. The molecule has 2 rings (SSSR count). The predicted octanol–water partition coefficient (Wildman–Crippen LogP) is 5.45. The number of aryl methyl sites for hydroxylation is 2. The Balaban J connectivity index is 2.15. The summed E-state index contributed by atoms with van der Waals surface area (Å²) in [6.07, 6.45) is 2.06. The molecule has 20 heavy (non-hydrogen) atoms. The largest absolute Gasteiger partial charge is 0.345 e. The molecule has 0 aliphatic carbocycles. The van der Waals surface area contributed by atoms with Crippen molar-refractivity contribution in [2.45, 2.75) is 37.3 Å². The van der Waals surface area contributed by atoms with Crippen LogP contribution in [0.3, 0.4) is 0 Å². The monoisotopic (exact) mass is 368 g/mol. The molecule has 0 spiro atoms. The van der Waals surface area contributed by atoms with E-state index in [1.54, 1.807) is 11.8 Å². The molecule has 2 nitrogen and oxygen atoms in total. The molecule has 1 heterocycles. The summed E-state index contributed by atoms with van der Waals surface area (Å²) >= 11 is 10.6. The van der Waals surface area contributed by atoms with E-state index < -0.39 is 0 Å². The Kier molecular flexibility index (Phi) is 5.81. The van der Waals surface area contributed by atoms with Crippen LogP contribution in [0.25, 0.3) is 0 Å². The highest BCUT2D eigenvalue weighted by atomic mass is 79.9. The van der Waals surface area contributed by atoms with Crippen LogP contribution < -0.4 is 0 Å². The van der Waals surface area contributed by atoms with Gasteiger partial charge in [0.05, 0.1) is 10.2 Å². The van der Waals surface area contributed by atoms with Gasteiger partial charge in [0.2, 0.25) is 0 Å². The topological polar surface area (TPSA) is 28.7 Å². The van der Waals surface area contributed by atoms with Crippen molar-refractivity contribution in [3.63, 3.8) is 0 Å². The van der Waals surface area contributed by atoms with Crippen LogP contribution >= 0.6 is 39.9 Å². The van der Waals surface area contributed by atoms with Gasteiger partial charge >= 0.3 is 0 Å². The fourth-order valence-corrected chi connectivity index (χ4v) is 3.41. The van der Waals surface area contributed by atoms with Crippen LogP contribution in [0.2, 0.25) is 0 Å². The zero-order valence-corrected chi connectivity index (χ0v) is 14.8. The van der Waals surface area contributed by atoms with Crippen LogP contribution in [0.4, 0.5) is 0 Å². The molecule has 0 aliphatic heterocycles. The van der Waals surface area contributed by atoms with Gasteiger partial charge in [-0.15, -0.1) is 11.8 Å². The van der Waals surface area contributed by atoms with Crippen LogP contribution in [-0.2, 0) is 12.2 Å². The van der Waals surface area contributed by atoms with Gasteiger partial charge in [0.15, 0.2) is 0 Å². The summed E-state index contributed by atoms with van der Waals surface area (Å²) < 4.78 is 1.57. The van der Waals surface area contributed by atoms with Crippen molar-refractivity contribution in [1.29, 1.82) is 0 Å². The molecule has 0 radical (unpaired) electrons. The van der Waals surface area contributed by atoms with Gasteiger partial charge in [-0.1, -0.05) is 43.3 Å². The average Bonchev–Trinajstić information content (AvgIpc) is 2.42. The lowest BCUT2D eigenvalue weighted by Gasteiger charge is -2.08. The maximum absolute atomic E-state index is 5.31. The minimum Gasteiger partial charge on any atom is -0.345 e. The fraction of sp³-hybridized carbons (Fsp3) is 0.333. The number of hydrogen-bond acceptors (Lipinski definition) is 3. The van der Waals surface area contributed by atoms with Crippen molar-refractivity contribution in [2.24, 2.45) is 0 Å². The number of benzene rings is 1. The summed E-state index contributed by atoms with van der Waals surface area (Å²) in [5, 5.41) is 0. The second kappa shape index (κ2) is 7.38. The van der Waals surface area contributed by atoms with E-state index in [9.17, 15) is 0 Å². The molecular weight excluding hydrogens is 352 g/mol. The molecule has 0 amide bonds. The number of nitrogens with zero attached hydrogens (tertiary/aromatic N) is 1. The van der Waals surface area contributed by atoms with E-state index in [1.165, 1.54) is 10.5 Å². The average molecular weight is 369 g/mol.